The van der Waals surface area contributed by atoms with Crippen molar-refractivity contribution < 1.29 is 4.74 Å². The third kappa shape index (κ3) is 2.78. The number of aryl methyl sites for hydroxylation is 1. The van der Waals surface area contributed by atoms with E-state index in [9.17, 15) is 0 Å². The van der Waals surface area contributed by atoms with Gasteiger partial charge in [-0.2, -0.15) is 0 Å². The summed E-state index contributed by atoms with van der Waals surface area (Å²) in [6.07, 6.45) is 0. The van der Waals surface area contributed by atoms with Gasteiger partial charge in [0.1, 0.15) is 5.75 Å². The van der Waals surface area contributed by atoms with Crippen LogP contribution in [0.5, 0.6) is 5.75 Å². The Morgan fingerprint density at radius 2 is 1.75 bits per heavy atom. The van der Waals surface area contributed by atoms with Gasteiger partial charge in [0.25, 0.3) is 0 Å². The van der Waals surface area contributed by atoms with E-state index < -0.39 is 0 Å². The molecule has 1 atom stereocenters. The van der Waals surface area contributed by atoms with Crippen LogP contribution in [0, 0.1) is 6.92 Å². The van der Waals surface area contributed by atoms with Gasteiger partial charge in [-0.3, -0.25) is 0 Å². The summed E-state index contributed by atoms with van der Waals surface area (Å²) in [6, 6.07) is 16.5. The van der Waals surface area contributed by atoms with Gasteiger partial charge in [-0.1, -0.05) is 36.4 Å². The molecule has 0 aliphatic heterocycles. The molecule has 1 unspecified atom stereocenters. The zero-order chi connectivity index (χ0) is 14.5. The second-order valence-corrected chi connectivity index (χ2v) is 4.89. The minimum Gasteiger partial charge on any atom is -0.495 e. The van der Waals surface area contributed by atoms with E-state index in [1.54, 1.807) is 7.11 Å². The molecule has 0 saturated heterocycles. The quantitative estimate of drug-likeness (QED) is 0.907. The first-order chi connectivity index (χ1) is 9.69. The lowest BCUT2D eigenvalue weighted by molar-refractivity contribution is 0.413. The van der Waals surface area contributed by atoms with Crippen molar-refractivity contribution in [2.24, 2.45) is 5.73 Å². The highest BCUT2D eigenvalue weighted by Gasteiger charge is 2.19. The number of likely N-dealkylation sites (N-methyl/N-ethyl adjacent to an activating group) is 1. The van der Waals surface area contributed by atoms with E-state index >= 15 is 0 Å². The maximum atomic E-state index is 6.02. The summed E-state index contributed by atoms with van der Waals surface area (Å²) in [7, 11) is 3.75. The maximum absolute atomic E-state index is 6.02. The predicted octanol–water partition coefficient (Wildman–Crippen LogP) is 3.14. The molecule has 0 aliphatic carbocycles. The molecule has 0 amide bonds. The van der Waals surface area contributed by atoms with Crippen molar-refractivity contribution in [2.75, 3.05) is 25.6 Å². The Kier molecular flexibility index (Phi) is 4.64. The van der Waals surface area contributed by atoms with Gasteiger partial charge in [-0.05, 0) is 30.2 Å². The van der Waals surface area contributed by atoms with Gasteiger partial charge in [-0.15, -0.1) is 0 Å². The topological polar surface area (TPSA) is 38.5 Å². The van der Waals surface area contributed by atoms with Gasteiger partial charge in [0.15, 0.2) is 0 Å². The van der Waals surface area contributed by atoms with Crippen molar-refractivity contribution in [3.8, 4) is 5.75 Å². The van der Waals surface area contributed by atoms with E-state index in [1.165, 1.54) is 11.1 Å². The summed E-state index contributed by atoms with van der Waals surface area (Å²) in [5.74, 6) is 0.863. The minimum atomic E-state index is 0.132. The van der Waals surface area contributed by atoms with Crippen LogP contribution in [0.15, 0.2) is 48.5 Å². The fourth-order valence-corrected chi connectivity index (χ4v) is 2.54. The fourth-order valence-electron chi connectivity index (χ4n) is 2.54. The molecule has 3 heteroatoms. The lowest BCUT2D eigenvalue weighted by Gasteiger charge is -2.31. The van der Waals surface area contributed by atoms with Crippen molar-refractivity contribution in [3.05, 3.63) is 59.7 Å². The Hall–Kier alpha value is -2.00. The van der Waals surface area contributed by atoms with Gasteiger partial charge in [0.2, 0.25) is 0 Å². The van der Waals surface area contributed by atoms with Crippen molar-refractivity contribution in [1.29, 1.82) is 0 Å². The van der Waals surface area contributed by atoms with Crippen molar-refractivity contribution in [1.82, 2.24) is 0 Å². The second-order valence-electron chi connectivity index (χ2n) is 4.89. The number of hydrogen-bond donors (Lipinski definition) is 1. The molecule has 106 valence electrons. The van der Waals surface area contributed by atoms with Gasteiger partial charge < -0.3 is 15.4 Å². The third-order valence-electron chi connectivity index (χ3n) is 3.70. The van der Waals surface area contributed by atoms with Gasteiger partial charge in [0, 0.05) is 13.6 Å². The molecule has 0 heterocycles. The third-order valence-corrected chi connectivity index (χ3v) is 3.70. The molecule has 3 nitrogen and oxygen atoms in total. The first-order valence-corrected chi connectivity index (χ1v) is 6.80. The van der Waals surface area contributed by atoms with Crippen LogP contribution in [0.1, 0.15) is 17.2 Å². The summed E-state index contributed by atoms with van der Waals surface area (Å²) >= 11 is 0. The Balaban J connectivity index is 2.39. The smallest absolute Gasteiger partial charge is 0.142 e. The lowest BCUT2D eigenvalue weighted by Crippen LogP contribution is -2.31. The number of nitrogens with two attached hydrogens (primary N) is 1. The van der Waals surface area contributed by atoms with Crippen molar-refractivity contribution in [3.63, 3.8) is 0 Å². The van der Waals surface area contributed by atoms with Crippen molar-refractivity contribution >= 4 is 5.69 Å². The molecule has 2 aromatic carbocycles. The maximum Gasteiger partial charge on any atom is 0.142 e. The Morgan fingerprint density at radius 3 is 2.40 bits per heavy atom. The predicted molar refractivity (Wildman–Crippen MR) is 84.4 cm³/mol. The SMILES string of the molecule is COc1ccccc1N(C)C(CN)c1ccccc1C. The number of methoxy groups -OCH3 is 1. The van der Waals surface area contributed by atoms with Crippen LogP contribution < -0.4 is 15.4 Å². The molecular weight excluding hydrogens is 248 g/mol. The largest absolute Gasteiger partial charge is 0.495 e. The molecule has 20 heavy (non-hydrogen) atoms. The number of hydrogen-bond acceptors (Lipinski definition) is 3. The van der Waals surface area contributed by atoms with Gasteiger partial charge in [-0.25, -0.2) is 0 Å². The highest BCUT2D eigenvalue weighted by atomic mass is 16.5. The average Bonchev–Trinajstić information content (AvgIpc) is 2.49. The summed E-state index contributed by atoms with van der Waals surface area (Å²) in [6.45, 7) is 2.67. The molecule has 0 radical (unpaired) electrons. The van der Waals surface area contributed by atoms with Crippen LogP contribution in [-0.2, 0) is 0 Å². The van der Waals surface area contributed by atoms with Crippen LogP contribution in [0.25, 0.3) is 0 Å². The van der Waals surface area contributed by atoms with E-state index in [0.29, 0.717) is 6.54 Å². The molecule has 2 rings (SSSR count). The standard InChI is InChI=1S/C17H22N2O/c1-13-8-4-5-9-14(13)16(12-18)19(2)15-10-6-7-11-17(15)20-3/h4-11,16H,12,18H2,1-3H3. The lowest BCUT2D eigenvalue weighted by atomic mass is 10.00. The Labute approximate surface area is 121 Å². The first-order valence-electron chi connectivity index (χ1n) is 6.80. The number of anilines is 1. The normalized spacial score (nSPS) is 12.0. The summed E-state index contributed by atoms with van der Waals surface area (Å²) in [5, 5.41) is 0. The zero-order valence-corrected chi connectivity index (χ0v) is 12.3. The van der Waals surface area contributed by atoms with E-state index in [1.807, 2.05) is 18.2 Å². The van der Waals surface area contributed by atoms with Crippen LogP contribution in [-0.4, -0.2) is 20.7 Å². The molecular formula is C17H22N2O. The van der Waals surface area contributed by atoms with E-state index in [2.05, 4.69) is 49.2 Å². The van der Waals surface area contributed by atoms with Crippen LogP contribution in [0.3, 0.4) is 0 Å². The molecule has 0 spiro atoms. The number of rotatable bonds is 5. The monoisotopic (exact) mass is 270 g/mol. The van der Waals surface area contributed by atoms with Crippen molar-refractivity contribution in [2.45, 2.75) is 13.0 Å². The highest BCUT2D eigenvalue weighted by molar-refractivity contribution is 5.59. The van der Waals surface area contributed by atoms with E-state index in [4.69, 9.17) is 10.5 Å². The first kappa shape index (κ1) is 14.4. The molecule has 2 aromatic rings. The van der Waals surface area contributed by atoms with E-state index in [-0.39, 0.29) is 6.04 Å². The molecule has 0 aromatic heterocycles. The minimum absolute atomic E-state index is 0.132. The number of benzene rings is 2. The summed E-state index contributed by atoms with van der Waals surface area (Å²) in [5.41, 5.74) is 9.58. The number of para-hydroxylation sites is 2. The van der Waals surface area contributed by atoms with Crippen LogP contribution in [0.2, 0.25) is 0 Å². The van der Waals surface area contributed by atoms with E-state index in [0.717, 1.165) is 11.4 Å². The Bertz CT molecular complexity index is 568. The average molecular weight is 270 g/mol. The molecule has 2 N–H and O–H groups in total. The summed E-state index contributed by atoms with van der Waals surface area (Å²) in [4.78, 5) is 2.18. The van der Waals surface area contributed by atoms with Gasteiger partial charge in [0.05, 0.1) is 18.8 Å². The summed E-state index contributed by atoms with van der Waals surface area (Å²) < 4.78 is 5.44. The zero-order valence-electron chi connectivity index (χ0n) is 12.3. The fraction of sp³-hybridized carbons (Fsp3) is 0.294. The highest BCUT2D eigenvalue weighted by Crippen LogP contribution is 2.33. The molecule has 0 aliphatic rings. The van der Waals surface area contributed by atoms with Gasteiger partial charge >= 0.3 is 0 Å². The number of nitrogens with zero attached hydrogens (tertiary/aromatic N) is 1. The molecule has 0 fully saturated rings. The Morgan fingerprint density at radius 1 is 1.10 bits per heavy atom. The molecule has 0 saturated carbocycles. The number of ether oxygens (including phenoxy) is 1. The van der Waals surface area contributed by atoms with Crippen LogP contribution >= 0.6 is 0 Å². The molecule has 0 bridgehead atoms. The second kappa shape index (κ2) is 6.44. The van der Waals surface area contributed by atoms with Crippen LogP contribution in [0.4, 0.5) is 5.69 Å².